The Labute approximate surface area is 170 Å². The largest absolute Gasteiger partial charge is 0.354 e. The molecule has 150 valence electrons. The fourth-order valence-corrected chi connectivity index (χ4v) is 3.67. The lowest BCUT2D eigenvalue weighted by Crippen LogP contribution is -2.37. The minimum atomic E-state index is -0.296. The summed E-state index contributed by atoms with van der Waals surface area (Å²) in [5, 5.41) is 7.84. The van der Waals surface area contributed by atoms with Gasteiger partial charge in [-0.05, 0) is 56.5 Å². The SMILES string of the molecule is C[C@H]1CCCN(CCCNC(=O)Cn2nc(-c3ccc(Cl)cc3)ccc2=O)C1. The van der Waals surface area contributed by atoms with Crippen LogP contribution in [0.15, 0.2) is 41.2 Å². The fourth-order valence-electron chi connectivity index (χ4n) is 3.55. The summed E-state index contributed by atoms with van der Waals surface area (Å²) in [7, 11) is 0. The highest BCUT2D eigenvalue weighted by Crippen LogP contribution is 2.18. The molecule has 1 aromatic carbocycles. The predicted octanol–water partition coefficient (Wildman–Crippen LogP) is 2.80. The number of carbonyl (C=O) groups is 1. The van der Waals surface area contributed by atoms with Crippen molar-refractivity contribution in [1.82, 2.24) is 20.0 Å². The lowest BCUT2D eigenvalue weighted by molar-refractivity contribution is -0.121. The minimum Gasteiger partial charge on any atom is -0.354 e. The van der Waals surface area contributed by atoms with Crippen LogP contribution in [0.3, 0.4) is 0 Å². The molecule has 0 spiro atoms. The topological polar surface area (TPSA) is 67.2 Å². The Morgan fingerprint density at radius 2 is 2.04 bits per heavy atom. The van der Waals surface area contributed by atoms with E-state index in [1.165, 1.54) is 23.6 Å². The van der Waals surface area contributed by atoms with Crippen LogP contribution in [-0.2, 0) is 11.3 Å². The number of likely N-dealkylation sites (tertiary alicyclic amines) is 1. The molecule has 2 heterocycles. The van der Waals surface area contributed by atoms with E-state index in [-0.39, 0.29) is 18.0 Å². The molecule has 0 bridgehead atoms. The van der Waals surface area contributed by atoms with Crippen molar-refractivity contribution in [3.63, 3.8) is 0 Å². The molecule has 1 aliphatic heterocycles. The number of piperidine rings is 1. The number of hydrogen-bond donors (Lipinski definition) is 1. The van der Waals surface area contributed by atoms with E-state index in [4.69, 9.17) is 11.6 Å². The van der Waals surface area contributed by atoms with Crippen molar-refractivity contribution in [3.05, 3.63) is 51.8 Å². The van der Waals surface area contributed by atoms with E-state index in [1.54, 1.807) is 18.2 Å². The average molecular weight is 403 g/mol. The van der Waals surface area contributed by atoms with E-state index in [9.17, 15) is 9.59 Å². The Kier molecular flexibility index (Phi) is 7.23. The van der Waals surface area contributed by atoms with Crippen LogP contribution in [0.1, 0.15) is 26.2 Å². The first kappa shape index (κ1) is 20.6. The highest BCUT2D eigenvalue weighted by Gasteiger charge is 2.15. The Bertz CT molecular complexity index is 850. The molecular weight excluding hydrogens is 376 g/mol. The zero-order valence-electron chi connectivity index (χ0n) is 16.2. The first-order valence-electron chi connectivity index (χ1n) is 9.84. The maximum atomic E-state index is 12.2. The van der Waals surface area contributed by atoms with Crippen LogP contribution in [0.5, 0.6) is 0 Å². The van der Waals surface area contributed by atoms with E-state index in [0.717, 1.165) is 37.5 Å². The van der Waals surface area contributed by atoms with Crippen LogP contribution < -0.4 is 10.9 Å². The summed E-state index contributed by atoms with van der Waals surface area (Å²) in [5.41, 5.74) is 1.17. The first-order chi connectivity index (χ1) is 13.5. The number of hydrogen-bond acceptors (Lipinski definition) is 4. The third-order valence-corrected chi connectivity index (χ3v) is 5.27. The highest BCUT2D eigenvalue weighted by atomic mass is 35.5. The molecule has 28 heavy (non-hydrogen) atoms. The Hall–Kier alpha value is -2.18. The molecule has 1 amide bonds. The zero-order chi connectivity index (χ0) is 19.9. The fraction of sp³-hybridized carbons (Fsp3) is 0.476. The molecule has 1 saturated heterocycles. The summed E-state index contributed by atoms with van der Waals surface area (Å²) in [4.78, 5) is 26.7. The van der Waals surface area contributed by atoms with Gasteiger partial charge in [-0.25, -0.2) is 4.68 Å². The normalized spacial score (nSPS) is 17.4. The van der Waals surface area contributed by atoms with Gasteiger partial charge in [0.2, 0.25) is 5.91 Å². The highest BCUT2D eigenvalue weighted by molar-refractivity contribution is 6.30. The summed E-state index contributed by atoms with van der Waals surface area (Å²) in [6, 6.07) is 10.3. The van der Waals surface area contributed by atoms with Crippen LogP contribution in [0, 0.1) is 5.92 Å². The Balaban J connectivity index is 1.50. The molecule has 1 N–H and O–H groups in total. The molecule has 0 saturated carbocycles. The van der Waals surface area contributed by atoms with E-state index in [0.29, 0.717) is 17.3 Å². The lowest BCUT2D eigenvalue weighted by Gasteiger charge is -2.30. The van der Waals surface area contributed by atoms with Crippen LogP contribution in [0.25, 0.3) is 11.3 Å². The van der Waals surface area contributed by atoms with Crippen molar-refractivity contribution in [2.24, 2.45) is 5.92 Å². The van der Waals surface area contributed by atoms with Gasteiger partial charge in [0.05, 0.1) is 5.69 Å². The van der Waals surface area contributed by atoms with Crippen LogP contribution in [0.2, 0.25) is 5.02 Å². The van der Waals surface area contributed by atoms with Crippen molar-refractivity contribution in [1.29, 1.82) is 0 Å². The number of amides is 1. The molecule has 1 aromatic heterocycles. The number of aromatic nitrogens is 2. The van der Waals surface area contributed by atoms with Crippen LogP contribution in [-0.4, -0.2) is 46.8 Å². The quantitative estimate of drug-likeness (QED) is 0.723. The number of benzene rings is 1. The molecule has 0 unspecified atom stereocenters. The summed E-state index contributed by atoms with van der Waals surface area (Å²) in [6.07, 6.45) is 3.47. The number of carbonyl (C=O) groups excluding carboxylic acids is 1. The van der Waals surface area contributed by atoms with E-state index >= 15 is 0 Å². The predicted molar refractivity (Wildman–Crippen MR) is 111 cm³/mol. The van der Waals surface area contributed by atoms with Gasteiger partial charge in [0.1, 0.15) is 6.54 Å². The van der Waals surface area contributed by atoms with Crippen molar-refractivity contribution >= 4 is 17.5 Å². The monoisotopic (exact) mass is 402 g/mol. The number of halogens is 1. The van der Waals surface area contributed by atoms with E-state index in [2.05, 4.69) is 22.2 Å². The van der Waals surface area contributed by atoms with Crippen LogP contribution >= 0.6 is 11.6 Å². The van der Waals surface area contributed by atoms with Gasteiger partial charge in [-0.1, -0.05) is 30.7 Å². The Morgan fingerprint density at radius 1 is 1.25 bits per heavy atom. The molecule has 1 fully saturated rings. The van der Waals surface area contributed by atoms with Crippen molar-refractivity contribution in [3.8, 4) is 11.3 Å². The number of nitrogens with zero attached hydrogens (tertiary/aromatic N) is 3. The molecular formula is C21H27ClN4O2. The van der Waals surface area contributed by atoms with Crippen LogP contribution in [0.4, 0.5) is 0 Å². The molecule has 3 rings (SSSR count). The summed E-state index contributed by atoms with van der Waals surface area (Å²) in [6.45, 7) is 6.10. The summed E-state index contributed by atoms with van der Waals surface area (Å²) < 4.78 is 1.20. The van der Waals surface area contributed by atoms with Crippen molar-refractivity contribution in [2.45, 2.75) is 32.7 Å². The van der Waals surface area contributed by atoms with Gasteiger partial charge in [-0.2, -0.15) is 5.10 Å². The van der Waals surface area contributed by atoms with Gasteiger partial charge in [0.25, 0.3) is 5.56 Å². The van der Waals surface area contributed by atoms with Gasteiger partial charge in [-0.3, -0.25) is 9.59 Å². The summed E-state index contributed by atoms with van der Waals surface area (Å²) in [5.74, 6) is 0.559. The maximum Gasteiger partial charge on any atom is 0.267 e. The third kappa shape index (κ3) is 5.91. The molecule has 7 heteroatoms. The van der Waals surface area contributed by atoms with Gasteiger partial charge in [0, 0.05) is 29.7 Å². The first-order valence-corrected chi connectivity index (χ1v) is 10.2. The maximum absolute atomic E-state index is 12.2. The Morgan fingerprint density at radius 3 is 2.79 bits per heavy atom. The second kappa shape index (κ2) is 9.85. The zero-order valence-corrected chi connectivity index (χ0v) is 17.0. The lowest BCUT2D eigenvalue weighted by atomic mass is 10.0. The van der Waals surface area contributed by atoms with Gasteiger partial charge < -0.3 is 10.2 Å². The smallest absolute Gasteiger partial charge is 0.267 e. The molecule has 1 aliphatic rings. The second-order valence-corrected chi connectivity index (χ2v) is 7.91. The molecule has 2 aromatic rings. The number of rotatable bonds is 7. The summed E-state index contributed by atoms with van der Waals surface area (Å²) >= 11 is 5.91. The molecule has 0 radical (unpaired) electrons. The molecule has 0 aliphatic carbocycles. The van der Waals surface area contributed by atoms with Gasteiger partial charge in [-0.15, -0.1) is 0 Å². The number of nitrogens with one attached hydrogen (secondary N) is 1. The van der Waals surface area contributed by atoms with Crippen molar-refractivity contribution < 1.29 is 4.79 Å². The van der Waals surface area contributed by atoms with Crippen molar-refractivity contribution in [2.75, 3.05) is 26.2 Å². The minimum absolute atomic E-state index is 0.0823. The third-order valence-electron chi connectivity index (χ3n) is 5.01. The molecule has 1 atom stereocenters. The van der Waals surface area contributed by atoms with Gasteiger partial charge in [0.15, 0.2) is 0 Å². The standard InChI is InChI=1S/C21H27ClN4O2/c1-16-4-2-12-25(14-16)13-3-11-23-20(27)15-26-21(28)10-9-19(24-26)17-5-7-18(22)8-6-17/h5-10,16H,2-4,11-15H2,1H3,(H,23,27)/t16-/m0/s1. The van der Waals surface area contributed by atoms with E-state index < -0.39 is 0 Å². The molecule has 6 nitrogen and oxygen atoms in total. The van der Waals surface area contributed by atoms with E-state index in [1.807, 2.05) is 12.1 Å². The second-order valence-electron chi connectivity index (χ2n) is 7.47. The average Bonchev–Trinajstić information content (AvgIpc) is 2.68. The van der Waals surface area contributed by atoms with Gasteiger partial charge >= 0.3 is 0 Å².